The van der Waals surface area contributed by atoms with Crippen molar-refractivity contribution < 1.29 is 0 Å². The second-order valence-corrected chi connectivity index (χ2v) is 5.29. The number of fused-ring (bicyclic) bond motifs is 1. The van der Waals surface area contributed by atoms with Gasteiger partial charge in [-0.2, -0.15) is 0 Å². The topological polar surface area (TPSA) is 17.0 Å². The van der Waals surface area contributed by atoms with E-state index in [0.717, 1.165) is 29.5 Å². The van der Waals surface area contributed by atoms with Crippen LogP contribution in [0.3, 0.4) is 0 Å². The van der Waals surface area contributed by atoms with E-state index in [0.29, 0.717) is 0 Å². The molecule has 1 fully saturated rings. The Labute approximate surface area is 107 Å². The number of para-hydroxylation sites is 1. The molecule has 1 aromatic carbocycles. The molecule has 1 N–H and O–H groups in total. The molecule has 0 atom stereocenters. The first-order chi connectivity index (χ1) is 8.25. The van der Waals surface area contributed by atoms with Crippen molar-refractivity contribution in [2.75, 3.05) is 6.54 Å². The first kappa shape index (κ1) is 11.1. The van der Waals surface area contributed by atoms with Gasteiger partial charge in [-0.1, -0.05) is 23.7 Å². The average molecular weight is 249 g/mol. The Hall–Kier alpha value is -0.990. The SMILES string of the molecule is Cn1cc(CCNC2CC2)c2cccc(Cl)c21. The van der Waals surface area contributed by atoms with Gasteiger partial charge in [0.1, 0.15) is 0 Å². The maximum Gasteiger partial charge on any atom is 0.0669 e. The number of nitrogens with one attached hydrogen (secondary N) is 1. The van der Waals surface area contributed by atoms with Crippen molar-refractivity contribution in [1.82, 2.24) is 9.88 Å². The molecule has 0 saturated heterocycles. The number of halogens is 1. The number of benzene rings is 1. The molecule has 1 saturated carbocycles. The molecule has 2 nitrogen and oxygen atoms in total. The van der Waals surface area contributed by atoms with Crippen molar-refractivity contribution in [3.63, 3.8) is 0 Å². The fraction of sp³-hybridized carbons (Fsp3) is 0.429. The van der Waals surface area contributed by atoms with Crippen LogP contribution in [-0.2, 0) is 13.5 Å². The molecule has 0 unspecified atom stereocenters. The van der Waals surface area contributed by atoms with Crippen LogP contribution in [0.5, 0.6) is 0 Å². The average Bonchev–Trinajstić information content (AvgIpc) is 3.05. The van der Waals surface area contributed by atoms with Gasteiger partial charge in [-0.25, -0.2) is 0 Å². The van der Waals surface area contributed by atoms with Crippen LogP contribution >= 0.6 is 11.6 Å². The van der Waals surface area contributed by atoms with E-state index >= 15 is 0 Å². The highest BCUT2D eigenvalue weighted by Gasteiger charge is 2.20. The van der Waals surface area contributed by atoms with E-state index in [1.165, 1.54) is 23.8 Å². The fourth-order valence-electron chi connectivity index (χ4n) is 2.40. The number of rotatable bonds is 4. The highest BCUT2D eigenvalue weighted by molar-refractivity contribution is 6.35. The maximum absolute atomic E-state index is 6.23. The van der Waals surface area contributed by atoms with Gasteiger partial charge in [0.05, 0.1) is 10.5 Å². The van der Waals surface area contributed by atoms with Gasteiger partial charge < -0.3 is 9.88 Å². The van der Waals surface area contributed by atoms with E-state index in [1.54, 1.807) is 0 Å². The Bertz CT molecular complexity index is 540. The summed E-state index contributed by atoms with van der Waals surface area (Å²) >= 11 is 6.23. The predicted molar refractivity (Wildman–Crippen MR) is 72.7 cm³/mol. The molecule has 0 radical (unpaired) electrons. The van der Waals surface area contributed by atoms with Gasteiger partial charge in [0.2, 0.25) is 0 Å². The summed E-state index contributed by atoms with van der Waals surface area (Å²) < 4.78 is 2.13. The third-order valence-corrected chi connectivity index (χ3v) is 3.74. The van der Waals surface area contributed by atoms with Crippen molar-refractivity contribution in [3.8, 4) is 0 Å². The van der Waals surface area contributed by atoms with Crippen LogP contribution in [0.4, 0.5) is 0 Å². The van der Waals surface area contributed by atoms with Crippen LogP contribution in [0.15, 0.2) is 24.4 Å². The lowest BCUT2D eigenvalue weighted by molar-refractivity contribution is 0.682. The third-order valence-electron chi connectivity index (χ3n) is 3.44. The molecular formula is C14H17ClN2. The Morgan fingerprint density at radius 1 is 1.41 bits per heavy atom. The quantitative estimate of drug-likeness (QED) is 0.880. The van der Waals surface area contributed by atoms with Gasteiger partial charge in [0.15, 0.2) is 0 Å². The largest absolute Gasteiger partial charge is 0.349 e. The Balaban J connectivity index is 1.85. The first-order valence-corrected chi connectivity index (χ1v) is 6.59. The number of aromatic nitrogens is 1. The predicted octanol–water partition coefficient (Wildman–Crippen LogP) is 3.13. The van der Waals surface area contributed by atoms with E-state index in [4.69, 9.17) is 11.6 Å². The molecule has 1 aliphatic carbocycles. The highest BCUT2D eigenvalue weighted by Crippen LogP contribution is 2.27. The van der Waals surface area contributed by atoms with E-state index in [1.807, 2.05) is 12.1 Å². The minimum atomic E-state index is 0.786. The lowest BCUT2D eigenvalue weighted by atomic mass is 10.1. The van der Waals surface area contributed by atoms with Crippen molar-refractivity contribution in [3.05, 3.63) is 35.0 Å². The first-order valence-electron chi connectivity index (χ1n) is 6.21. The zero-order chi connectivity index (χ0) is 11.8. The lowest BCUT2D eigenvalue weighted by Gasteiger charge is -2.01. The highest BCUT2D eigenvalue weighted by atomic mass is 35.5. The molecule has 0 amide bonds. The zero-order valence-electron chi connectivity index (χ0n) is 10.0. The van der Waals surface area contributed by atoms with Crippen molar-refractivity contribution >= 4 is 22.5 Å². The molecule has 1 aliphatic rings. The minimum Gasteiger partial charge on any atom is -0.349 e. The van der Waals surface area contributed by atoms with Crippen LogP contribution in [0.25, 0.3) is 10.9 Å². The summed E-state index contributed by atoms with van der Waals surface area (Å²) in [4.78, 5) is 0. The molecular weight excluding hydrogens is 232 g/mol. The number of aryl methyl sites for hydroxylation is 1. The Morgan fingerprint density at radius 2 is 2.24 bits per heavy atom. The normalized spacial score (nSPS) is 15.6. The molecule has 0 spiro atoms. The Kier molecular flexibility index (Phi) is 2.85. The van der Waals surface area contributed by atoms with E-state index in [2.05, 4.69) is 29.2 Å². The monoisotopic (exact) mass is 248 g/mol. The molecule has 0 bridgehead atoms. The fourth-order valence-corrected chi connectivity index (χ4v) is 2.71. The van der Waals surface area contributed by atoms with Gasteiger partial charge in [-0.05, 0) is 37.4 Å². The number of hydrogen-bond donors (Lipinski definition) is 1. The van der Waals surface area contributed by atoms with Crippen LogP contribution in [0, 0.1) is 0 Å². The molecule has 3 heteroatoms. The third kappa shape index (κ3) is 2.20. The summed E-state index contributed by atoms with van der Waals surface area (Å²) in [7, 11) is 2.06. The molecule has 2 aromatic rings. The lowest BCUT2D eigenvalue weighted by Crippen LogP contribution is -2.19. The van der Waals surface area contributed by atoms with Crippen molar-refractivity contribution in [1.29, 1.82) is 0 Å². The number of hydrogen-bond acceptors (Lipinski definition) is 1. The molecule has 17 heavy (non-hydrogen) atoms. The van der Waals surface area contributed by atoms with Gasteiger partial charge in [0.25, 0.3) is 0 Å². The summed E-state index contributed by atoms with van der Waals surface area (Å²) in [5.74, 6) is 0. The standard InChI is InChI=1S/C14H17ClN2/c1-17-9-10(7-8-16-11-5-6-11)12-3-2-4-13(15)14(12)17/h2-4,9,11,16H,5-8H2,1H3. The van der Waals surface area contributed by atoms with Crippen molar-refractivity contribution in [2.45, 2.75) is 25.3 Å². The van der Waals surface area contributed by atoms with Gasteiger partial charge >= 0.3 is 0 Å². The summed E-state index contributed by atoms with van der Waals surface area (Å²) in [5.41, 5.74) is 2.54. The summed E-state index contributed by atoms with van der Waals surface area (Å²) in [6, 6.07) is 6.93. The van der Waals surface area contributed by atoms with Gasteiger partial charge in [-0.3, -0.25) is 0 Å². The number of nitrogens with zero attached hydrogens (tertiary/aromatic N) is 1. The zero-order valence-corrected chi connectivity index (χ0v) is 10.8. The van der Waals surface area contributed by atoms with E-state index in [-0.39, 0.29) is 0 Å². The van der Waals surface area contributed by atoms with Gasteiger partial charge in [-0.15, -0.1) is 0 Å². The molecule has 1 aromatic heterocycles. The second kappa shape index (κ2) is 4.35. The van der Waals surface area contributed by atoms with E-state index < -0.39 is 0 Å². The van der Waals surface area contributed by atoms with Crippen LogP contribution < -0.4 is 5.32 Å². The van der Waals surface area contributed by atoms with E-state index in [9.17, 15) is 0 Å². The van der Waals surface area contributed by atoms with Crippen LogP contribution in [-0.4, -0.2) is 17.2 Å². The van der Waals surface area contributed by atoms with Gasteiger partial charge in [0, 0.05) is 24.7 Å². The summed E-state index contributed by atoms with van der Waals surface area (Å²) in [6.07, 6.45) is 5.97. The molecule has 90 valence electrons. The minimum absolute atomic E-state index is 0.786. The smallest absolute Gasteiger partial charge is 0.0669 e. The molecule has 3 rings (SSSR count). The van der Waals surface area contributed by atoms with Crippen LogP contribution in [0.1, 0.15) is 18.4 Å². The molecule has 1 heterocycles. The van der Waals surface area contributed by atoms with Crippen LogP contribution in [0.2, 0.25) is 5.02 Å². The molecule has 0 aliphatic heterocycles. The van der Waals surface area contributed by atoms with Crippen molar-refractivity contribution in [2.24, 2.45) is 7.05 Å². The second-order valence-electron chi connectivity index (χ2n) is 4.88. The Morgan fingerprint density at radius 3 is 3.00 bits per heavy atom. The summed E-state index contributed by atoms with van der Waals surface area (Å²) in [6.45, 7) is 1.07. The maximum atomic E-state index is 6.23. The summed E-state index contributed by atoms with van der Waals surface area (Å²) in [5, 5.41) is 5.68.